The number of fused-ring (bicyclic) bond motifs is 2. The highest BCUT2D eigenvalue weighted by Gasteiger charge is 2.15. The molecule has 0 atom stereocenters. The number of aryl methyl sites for hydroxylation is 1. The van der Waals surface area contributed by atoms with Gasteiger partial charge >= 0.3 is 0 Å². The van der Waals surface area contributed by atoms with Crippen molar-refractivity contribution in [1.82, 2.24) is 0 Å². The predicted molar refractivity (Wildman–Crippen MR) is 79.5 cm³/mol. The molecule has 0 spiro atoms. The van der Waals surface area contributed by atoms with Crippen LogP contribution in [0.5, 0.6) is 17.2 Å². The summed E-state index contributed by atoms with van der Waals surface area (Å²) in [6.45, 7) is 1.82. The van der Waals surface area contributed by atoms with Crippen LogP contribution in [0.3, 0.4) is 0 Å². The van der Waals surface area contributed by atoms with Gasteiger partial charge in [0, 0.05) is 6.07 Å². The average molecular weight is 286 g/mol. The topological polar surface area (TPSA) is 68.9 Å². The maximum Gasteiger partial charge on any atom is 0.200 e. The van der Waals surface area contributed by atoms with Crippen LogP contribution < -0.4 is 14.9 Å². The molecule has 0 aliphatic heterocycles. The fourth-order valence-electron chi connectivity index (χ4n) is 2.39. The van der Waals surface area contributed by atoms with E-state index in [4.69, 9.17) is 13.9 Å². The number of methoxy groups -OCH3 is 2. The fraction of sp³-hybridized carbons (Fsp3) is 0.188. The molecule has 1 heterocycles. The summed E-state index contributed by atoms with van der Waals surface area (Å²) in [5.74, 6) is 0.851. The van der Waals surface area contributed by atoms with Crippen molar-refractivity contribution >= 4 is 21.9 Å². The summed E-state index contributed by atoms with van der Waals surface area (Å²) < 4.78 is 16.0. The monoisotopic (exact) mass is 286 g/mol. The Morgan fingerprint density at radius 1 is 0.952 bits per heavy atom. The van der Waals surface area contributed by atoms with Crippen molar-refractivity contribution in [3.8, 4) is 17.2 Å². The van der Waals surface area contributed by atoms with Gasteiger partial charge < -0.3 is 19.0 Å². The molecule has 108 valence electrons. The maximum absolute atomic E-state index is 12.6. The molecule has 0 saturated carbocycles. The van der Waals surface area contributed by atoms with Crippen molar-refractivity contribution in [2.24, 2.45) is 0 Å². The number of phenols is 1. The van der Waals surface area contributed by atoms with E-state index in [0.29, 0.717) is 22.5 Å². The highest BCUT2D eigenvalue weighted by molar-refractivity contribution is 5.94. The molecule has 0 bridgehead atoms. The highest BCUT2D eigenvalue weighted by atomic mass is 16.5. The smallest absolute Gasteiger partial charge is 0.200 e. The van der Waals surface area contributed by atoms with E-state index in [1.807, 2.05) is 6.92 Å². The molecule has 0 fully saturated rings. The number of phenolic OH excluding ortho intramolecular Hbond substituents is 1. The van der Waals surface area contributed by atoms with Crippen molar-refractivity contribution in [3.63, 3.8) is 0 Å². The van der Waals surface area contributed by atoms with Gasteiger partial charge in [-0.15, -0.1) is 0 Å². The first kappa shape index (κ1) is 13.3. The fourth-order valence-corrected chi connectivity index (χ4v) is 2.39. The van der Waals surface area contributed by atoms with E-state index in [1.165, 1.54) is 20.3 Å². The summed E-state index contributed by atoms with van der Waals surface area (Å²) in [5.41, 5.74) is 1.12. The third-order valence-corrected chi connectivity index (χ3v) is 3.46. The van der Waals surface area contributed by atoms with E-state index < -0.39 is 0 Å². The summed E-state index contributed by atoms with van der Waals surface area (Å²) >= 11 is 0. The molecule has 0 unspecified atom stereocenters. The molecule has 3 rings (SSSR count). The molecule has 0 saturated heterocycles. The van der Waals surface area contributed by atoms with Crippen molar-refractivity contribution < 1.29 is 19.0 Å². The summed E-state index contributed by atoms with van der Waals surface area (Å²) in [6, 6.07) is 6.37. The Balaban J connectivity index is 2.52. The Kier molecular flexibility index (Phi) is 2.97. The molecule has 0 amide bonds. The van der Waals surface area contributed by atoms with E-state index in [-0.39, 0.29) is 22.1 Å². The molecule has 0 aliphatic carbocycles. The van der Waals surface area contributed by atoms with Crippen LogP contribution in [0.2, 0.25) is 0 Å². The second-order valence-electron chi connectivity index (χ2n) is 4.78. The van der Waals surface area contributed by atoms with Gasteiger partial charge in [0.05, 0.1) is 25.0 Å². The quantitative estimate of drug-likeness (QED) is 0.733. The van der Waals surface area contributed by atoms with E-state index in [0.717, 1.165) is 5.56 Å². The number of aromatic hydroxyl groups is 1. The normalized spacial score (nSPS) is 11.0. The summed E-state index contributed by atoms with van der Waals surface area (Å²) in [5, 5.41) is 10.7. The van der Waals surface area contributed by atoms with Crippen LogP contribution in [0, 0.1) is 6.92 Å². The second-order valence-corrected chi connectivity index (χ2v) is 4.78. The van der Waals surface area contributed by atoms with Gasteiger partial charge in [-0.05, 0) is 30.7 Å². The lowest BCUT2D eigenvalue weighted by Crippen LogP contribution is -2.04. The minimum absolute atomic E-state index is 0.126. The zero-order valence-corrected chi connectivity index (χ0v) is 11.9. The van der Waals surface area contributed by atoms with E-state index in [2.05, 4.69) is 0 Å². The van der Waals surface area contributed by atoms with Gasteiger partial charge in [-0.2, -0.15) is 0 Å². The van der Waals surface area contributed by atoms with E-state index >= 15 is 0 Å². The van der Waals surface area contributed by atoms with Crippen LogP contribution in [0.25, 0.3) is 21.9 Å². The molecule has 5 heteroatoms. The minimum Gasteiger partial charge on any atom is -0.504 e. The average Bonchev–Trinajstić information content (AvgIpc) is 2.48. The molecular weight excluding hydrogens is 272 g/mol. The Bertz CT molecular complexity index is 837. The lowest BCUT2D eigenvalue weighted by atomic mass is 10.1. The molecular formula is C16H14O5. The molecule has 21 heavy (non-hydrogen) atoms. The van der Waals surface area contributed by atoms with Gasteiger partial charge in [-0.1, -0.05) is 0 Å². The van der Waals surface area contributed by atoms with Gasteiger partial charge in [-0.3, -0.25) is 4.79 Å². The summed E-state index contributed by atoms with van der Waals surface area (Å²) in [7, 11) is 3.01. The third-order valence-electron chi connectivity index (χ3n) is 3.46. The minimum atomic E-state index is -0.234. The zero-order chi connectivity index (χ0) is 15.1. The van der Waals surface area contributed by atoms with Gasteiger partial charge in [0.25, 0.3) is 0 Å². The van der Waals surface area contributed by atoms with Gasteiger partial charge in [0.2, 0.25) is 5.43 Å². The van der Waals surface area contributed by atoms with Crippen LogP contribution in [-0.4, -0.2) is 19.3 Å². The largest absolute Gasteiger partial charge is 0.504 e. The van der Waals surface area contributed by atoms with E-state index in [1.54, 1.807) is 18.2 Å². The Morgan fingerprint density at radius 2 is 1.52 bits per heavy atom. The standard InChI is InChI=1S/C16H14O5/c1-8-4-9(19-2)5-11-14(18)12-6-10(20-3)7-13(17)16(12)21-15(8)11/h4-7,17H,1-3H3. The maximum atomic E-state index is 12.6. The first-order valence-corrected chi connectivity index (χ1v) is 6.37. The van der Waals surface area contributed by atoms with Crippen LogP contribution >= 0.6 is 0 Å². The lowest BCUT2D eigenvalue weighted by Gasteiger charge is -2.09. The lowest BCUT2D eigenvalue weighted by molar-refractivity contribution is 0.407. The number of hydrogen-bond acceptors (Lipinski definition) is 5. The molecule has 5 nitrogen and oxygen atoms in total. The molecule has 1 N–H and O–H groups in total. The van der Waals surface area contributed by atoms with Crippen molar-refractivity contribution in [3.05, 3.63) is 40.1 Å². The first-order chi connectivity index (χ1) is 10.0. The third kappa shape index (κ3) is 1.98. The molecule has 0 aliphatic rings. The number of hydrogen-bond donors (Lipinski definition) is 1. The van der Waals surface area contributed by atoms with Crippen molar-refractivity contribution in [2.75, 3.05) is 14.2 Å². The number of benzene rings is 2. The molecule has 3 aromatic rings. The molecule has 1 aromatic heterocycles. The zero-order valence-electron chi connectivity index (χ0n) is 11.9. The molecule has 2 aromatic carbocycles. The second kappa shape index (κ2) is 4.70. The molecule has 0 radical (unpaired) electrons. The summed E-state index contributed by atoms with van der Waals surface area (Å²) in [6.07, 6.45) is 0. The Morgan fingerprint density at radius 3 is 2.14 bits per heavy atom. The van der Waals surface area contributed by atoms with Crippen LogP contribution in [-0.2, 0) is 0 Å². The van der Waals surface area contributed by atoms with Crippen molar-refractivity contribution in [2.45, 2.75) is 6.92 Å². The highest BCUT2D eigenvalue weighted by Crippen LogP contribution is 2.32. The van der Waals surface area contributed by atoms with Gasteiger partial charge in [0.15, 0.2) is 11.3 Å². The number of rotatable bonds is 2. The number of ether oxygens (including phenoxy) is 2. The van der Waals surface area contributed by atoms with Crippen LogP contribution in [0.1, 0.15) is 5.56 Å². The van der Waals surface area contributed by atoms with Crippen LogP contribution in [0.4, 0.5) is 0 Å². The summed E-state index contributed by atoms with van der Waals surface area (Å²) in [4.78, 5) is 12.6. The van der Waals surface area contributed by atoms with Gasteiger partial charge in [0.1, 0.15) is 17.1 Å². The Labute approximate surface area is 120 Å². The van der Waals surface area contributed by atoms with Gasteiger partial charge in [-0.25, -0.2) is 0 Å². The predicted octanol–water partition coefficient (Wildman–Crippen LogP) is 2.98. The SMILES string of the molecule is COc1cc(C)c2oc3c(O)cc(OC)cc3c(=O)c2c1. The Hall–Kier alpha value is -2.69. The van der Waals surface area contributed by atoms with E-state index in [9.17, 15) is 9.90 Å². The van der Waals surface area contributed by atoms with Crippen molar-refractivity contribution in [1.29, 1.82) is 0 Å². The first-order valence-electron chi connectivity index (χ1n) is 6.37. The van der Waals surface area contributed by atoms with Crippen LogP contribution in [0.15, 0.2) is 33.5 Å².